The zero-order valence-corrected chi connectivity index (χ0v) is 15.3. The van der Waals surface area contributed by atoms with Crippen LogP contribution in [0.15, 0.2) is 40.8 Å². The average molecular weight is 394 g/mol. The maximum absolute atomic E-state index is 12.3. The second-order valence-electron chi connectivity index (χ2n) is 5.09. The number of carbonyl (C=O) groups excluding carboxylic acids is 1. The number of carbonyl (C=O) groups is 1. The van der Waals surface area contributed by atoms with Gasteiger partial charge in [0, 0.05) is 16.7 Å². The molecule has 3 rings (SSSR count). The van der Waals surface area contributed by atoms with Gasteiger partial charge in [0.25, 0.3) is 5.91 Å². The Hall–Kier alpha value is -2.77. The molecule has 0 aliphatic carbocycles. The molecule has 1 N–H and O–H groups in total. The molecule has 0 aliphatic rings. The van der Waals surface area contributed by atoms with Crippen molar-refractivity contribution in [3.8, 4) is 23.0 Å². The van der Waals surface area contributed by atoms with Crippen molar-refractivity contribution in [1.82, 2.24) is 10.2 Å². The van der Waals surface area contributed by atoms with E-state index >= 15 is 0 Å². The summed E-state index contributed by atoms with van der Waals surface area (Å²) in [4.78, 5) is 12.3. The van der Waals surface area contributed by atoms with Crippen LogP contribution in [0.2, 0.25) is 10.0 Å². The predicted molar refractivity (Wildman–Crippen MR) is 97.3 cm³/mol. The lowest BCUT2D eigenvalue weighted by molar-refractivity contribution is 0.102. The number of nitrogens with zero attached hydrogens (tertiary/aromatic N) is 2. The third kappa shape index (κ3) is 3.89. The van der Waals surface area contributed by atoms with Crippen LogP contribution in [0.5, 0.6) is 11.5 Å². The number of halogens is 2. The van der Waals surface area contributed by atoms with Crippen molar-refractivity contribution in [3.63, 3.8) is 0 Å². The molecular formula is C17H13Cl2N3O4. The molecule has 3 aromatic rings. The first-order chi connectivity index (χ1) is 12.5. The van der Waals surface area contributed by atoms with Crippen LogP contribution in [0.25, 0.3) is 11.5 Å². The zero-order chi connectivity index (χ0) is 18.7. The number of amides is 1. The number of hydrogen-bond acceptors (Lipinski definition) is 6. The van der Waals surface area contributed by atoms with E-state index in [1.165, 1.54) is 26.4 Å². The summed E-state index contributed by atoms with van der Waals surface area (Å²) in [5, 5.41) is 10.9. The van der Waals surface area contributed by atoms with Gasteiger partial charge in [-0.25, -0.2) is 0 Å². The first kappa shape index (κ1) is 18.0. The van der Waals surface area contributed by atoms with Crippen molar-refractivity contribution >= 4 is 35.1 Å². The lowest BCUT2D eigenvalue weighted by Gasteiger charge is -2.06. The molecule has 26 heavy (non-hydrogen) atoms. The minimum absolute atomic E-state index is 0.0807. The van der Waals surface area contributed by atoms with Crippen LogP contribution in [0.4, 0.5) is 6.01 Å². The molecule has 2 aromatic carbocycles. The van der Waals surface area contributed by atoms with E-state index in [9.17, 15) is 4.79 Å². The summed E-state index contributed by atoms with van der Waals surface area (Å²) in [6, 6.07) is 9.60. The van der Waals surface area contributed by atoms with Crippen LogP contribution in [0, 0.1) is 0 Å². The van der Waals surface area contributed by atoms with Crippen molar-refractivity contribution < 1.29 is 18.7 Å². The van der Waals surface area contributed by atoms with E-state index in [4.69, 9.17) is 37.1 Å². The smallest absolute Gasteiger partial charge is 0.322 e. The van der Waals surface area contributed by atoms with E-state index in [1.54, 1.807) is 24.3 Å². The van der Waals surface area contributed by atoms with E-state index < -0.39 is 5.91 Å². The van der Waals surface area contributed by atoms with Crippen LogP contribution < -0.4 is 14.8 Å². The second kappa shape index (κ2) is 7.63. The normalized spacial score (nSPS) is 10.5. The summed E-state index contributed by atoms with van der Waals surface area (Å²) in [5.41, 5.74) is 0.775. The van der Waals surface area contributed by atoms with Crippen molar-refractivity contribution in [1.29, 1.82) is 0 Å². The highest BCUT2D eigenvalue weighted by molar-refractivity contribution is 6.36. The van der Waals surface area contributed by atoms with Crippen LogP contribution in [0.3, 0.4) is 0 Å². The predicted octanol–water partition coefficient (Wildman–Crippen LogP) is 4.31. The Bertz CT molecular complexity index is 937. The molecule has 0 saturated heterocycles. The van der Waals surface area contributed by atoms with Crippen LogP contribution in [0.1, 0.15) is 10.4 Å². The summed E-state index contributed by atoms with van der Waals surface area (Å²) >= 11 is 11.9. The average Bonchev–Trinajstić information content (AvgIpc) is 3.11. The van der Waals surface area contributed by atoms with Gasteiger partial charge in [-0.1, -0.05) is 28.3 Å². The Balaban J connectivity index is 1.84. The largest absolute Gasteiger partial charge is 0.497 e. The van der Waals surface area contributed by atoms with Gasteiger partial charge < -0.3 is 13.9 Å². The second-order valence-corrected chi connectivity index (χ2v) is 5.94. The van der Waals surface area contributed by atoms with E-state index in [-0.39, 0.29) is 22.5 Å². The molecule has 1 amide bonds. The van der Waals surface area contributed by atoms with Crippen molar-refractivity contribution in [3.05, 3.63) is 52.0 Å². The van der Waals surface area contributed by atoms with Crippen LogP contribution in [-0.4, -0.2) is 30.3 Å². The Labute approximate surface area is 158 Å². The number of nitrogens with one attached hydrogen (secondary N) is 1. The Morgan fingerprint density at radius 1 is 1.04 bits per heavy atom. The van der Waals surface area contributed by atoms with Crippen molar-refractivity contribution in [2.45, 2.75) is 0 Å². The van der Waals surface area contributed by atoms with Gasteiger partial charge in [0.2, 0.25) is 5.89 Å². The molecule has 0 fully saturated rings. The molecule has 7 nitrogen and oxygen atoms in total. The number of ether oxygens (including phenoxy) is 2. The van der Waals surface area contributed by atoms with Gasteiger partial charge in [-0.2, -0.15) is 0 Å². The van der Waals surface area contributed by atoms with Gasteiger partial charge in [-0.3, -0.25) is 10.1 Å². The van der Waals surface area contributed by atoms with Gasteiger partial charge in [0.15, 0.2) is 0 Å². The first-order valence-corrected chi connectivity index (χ1v) is 8.09. The lowest BCUT2D eigenvalue weighted by Crippen LogP contribution is -2.12. The molecule has 0 spiro atoms. The summed E-state index contributed by atoms with van der Waals surface area (Å²) in [7, 11) is 3.07. The molecular weight excluding hydrogens is 381 g/mol. The van der Waals surface area contributed by atoms with E-state index in [2.05, 4.69) is 15.5 Å². The molecule has 0 unspecified atom stereocenters. The van der Waals surface area contributed by atoms with Crippen LogP contribution >= 0.6 is 23.2 Å². The maximum Gasteiger partial charge on any atom is 0.322 e. The Kier molecular flexibility index (Phi) is 5.29. The Morgan fingerprint density at radius 3 is 2.38 bits per heavy atom. The minimum atomic E-state index is -0.518. The third-order valence-corrected chi connectivity index (χ3v) is 3.98. The highest BCUT2D eigenvalue weighted by Crippen LogP contribution is 2.30. The number of anilines is 1. The number of rotatable bonds is 5. The molecule has 9 heteroatoms. The lowest BCUT2D eigenvalue weighted by atomic mass is 10.2. The highest BCUT2D eigenvalue weighted by atomic mass is 35.5. The number of aromatic nitrogens is 2. The monoisotopic (exact) mass is 393 g/mol. The molecule has 0 radical (unpaired) electrons. The molecule has 1 heterocycles. The summed E-state index contributed by atoms with van der Waals surface area (Å²) in [5.74, 6) is 0.799. The molecule has 0 bridgehead atoms. The topological polar surface area (TPSA) is 86.5 Å². The first-order valence-electron chi connectivity index (χ1n) is 7.33. The number of hydrogen-bond donors (Lipinski definition) is 1. The minimum Gasteiger partial charge on any atom is -0.497 e. The molecule has 134 valence electrons. The summed E-state index contributed by atoms with van der Waals surface area (Å²) in [6.45, 7) is 0. The molecule has 1 aromatic heterocycles. The summed E-state index contributed by atoms with van der Waals surface area (Å²) < 4.78 is 15.9. The maximum atomic E-state index is 12.3. The number of methoxy groups -OCH3 is 2. The van der Waals surface area contributed by atoms with Crippen molar-refractivity contribution in [2.75, 3.05) is 19.5 Å². The van der Waals surface area contributed by atoms with E-state index in [0.29, 0.717) is 22.1 Å². The fraction of sp³-hybridized carbons (Fsp3) is 0.118. The SMILES string of the molecule is COc1cc(OC)cc(-c2nnc(NC(=O)c3cc(Cl)ccc3Cl)o2)c1. The van der Waals surface area contributed by atoms with Gasteiger partial charge in [-0.15, -0.1) is 5.10 Å². The van der Waals surface area contributed by atoms with Crippen molar-refractivity contribution in [2.24, 2.45) is 0 Å². The highest BCUT2D eigenvalue weighted by Gasteiger charge is 2.16. The van der Waals surface area contributed by atoms with Gasteiger partial charge in [0.05, 0.1) is 24.8 Å². The van der Waals surface area contributed by atoms with Gasteiger partial charge in [-0.05, 0) is 30.3 Å². The fourth-order valence-corrected chi connectivity index (χ4v) is 2.53. The molecule has 0 atom stereocenters. The van der Waals surface area contributed by atoms with Gasteiger partial charge in [0.1, 0.15) is 11.5 Å². The van der Waals surface area contributed by atoms with E-state index in [1.807, 2.05) is 0 Å². The van der Waals surface area contributed by atoms with E-state index in [0.717, 1.165) is 0 Å². The summed E-state index contributed by atoms with van der Waals surface area (Å²) in [6.07, 6.45) is 0. The Morgan fingerprint density at radius 2 is 1.73 bits per heavy atom. The van der Waals surface area contributed by atoms with Gasteiger partial charge >= 0.3 is 6.01 Å². The zero-order valence-electron chi connectivity index (χ0n) is 13.7. The molecule has 0 saturated carbocycles. The number of benzene rings is 2. The molecule has 0 aliphatic heterocycles. The standard InChI is InChI=1S/C17H13Cl2N3O4/c1-24-11-5-9(6-12(8-11)25-2)16-21-22-17(26-16)20-15(23)13-7-10(18)3-4-14(13)19/h3-8H,1-2H3,(H,20,22,23). The van der Waals surface area contributed by atoms with Crippen LogP contribution in [-0.2, 0) is 0 Å². The third-order valence-electron chi connectivity index (χ3n) is 3.42. The quantitative estimate of drug-likeness (QED) is 0.694. The fourth-order valence-electron chi connectivity index (χ4n) is 2.16.